The molecule has 0 aromatic rings. The number of hydrogen-bond donors (Lipinski definition) is 2. The molecule has 0 fully saturated rings. The third-order valence-electron chi connectivity index (χ3n) is 1.79. The van der Waals surface area contributed by atoms with Gasteiger partial charge in [-0.3, -0.25) is 0 Å². The van der Waals surface area contributed by atoms with Gasteiger partial charge in [0.2, 0.25) is 0 Å². The van der Waals surface area contributed by atoms with Gasteiger partial charge in [-0.1, -0.05) is 26.5 Å². The Labute approximate surface area is 118 Å². The maximum Gasteiger partial charge on any atom is 0.337 e. The molecule has 112 valence electrons. The van der Waals surface area contributed by atoms with E-state index in [1.54, 1.807) is 0 Å². The van der Waals surface area contributed by atoms with Gasteiger partial charge in [0.05, 0.1) is 12.2 Å². The summed E-state index contributed by atoms with van der Waals surface area (Å²) in [7, 11) is 0. The lowest BCUT2D eigenvalue weighted by molar-refractivity contribution is -0.138. The fourth-order valence-electron chi connectivity index (χ4n) is 0.642. The molecule has 0 heterocycles. The van der Waals surface area contributed by atoms with Crippen LogP contribution in [-0.2, 0) is 19.1 Å². The summed E-state index contributed by atoms with van der Waals surface area (Å²) < 4.78 is 4.79. The lowest BCUT2D eigenvalue weighted by atomic mass is 10.3. The van der Waals surface area contributed by atoms with Crippen molar-refractivity contribution in [3.8, 4) is 0 Å². The van der Waals surface area contributed by atoms with Gasteiger partial charge in [-0.05, 0) is 19.4 Å². The molecule has 0 aliphatic rings. The molecule has 0 unspecified atom stereocenters. The molecule has 0 saturated heterocycles. The predicted molar refractivity (Wildman–Crippen MR) is 74.2 cm³/mol. The van der Waals surface area contributed by atoms with Crippen molar-refractivity contribution in [3.63, 3.8) is 0 Å². The van der Waals surface area contributed by atoms with Gasteiger partial charge in [-0.2, -0.15) is 0 Å². The Morgan fingerprint density at radius 3 is 2.00 bits per heavy atom. The lowest BCUT2D eigenvalue weighted by Crippen LogP contribution is -2.07. The molecule has 0 spiro atoms. The van der Waals surface area contributed by atoms with E-state index in [2.05, 4.69) is 13.2 Å². The number of carboxylic acids is 2. The van der Waals surface area contributed by atoms with Gasteiger partial charge < -0.3 is 14.9 Å². The Balaban J connectivity index is 0. The van der Waals surface area contributed by atoms with Crippen LogP contribution in [-0.4, -0.2) is 34.7 Å². The van der Waals surface area contributed by atoms with Gasteiger partial charge in [-0.25, -0.2) is 14.4 Å². The summed E-state index contributed by atoms with van der Waals surface area (Å²) in [5.41, 5.74) is 0.221. The minimum atomic E-state index is -1.12. The average Bonchev–Trinajstić information content (AvgIpc) is 2.36. The van der Waals surface area contributed by atoms with Crippen LogP contribution in [0, 0.1) is 0 Å². The standard InChI is InChI=1S/C10H14O4.C4H6O2/c1-3-4-7-14-10(13)8(2)5-6-9(11)12;1-3(2)4(5)6/h5-6H,2-4,7H2,1H3,(H,11,12);1H2,2H3,(H,5,6). The molecule has 0 saturated carbocycles. The summed E-state index contributed by atoms with van der Waals surface area (Å²) in [4.78, 5) is 30.8. The largest absolute Gasteiger partial charge is 0.478 e. The van der Waals surface area contributed by atoms with E-state index >= 15 is 0 Å². The molecule has 20 heavy (non-hydrogen) atoms. The van der Waals surface area contributed by atoms with Crippen molar-refractivity contribution >= 4 is 17.9 Å². The zero-order chi connectivity index (χ0) is 16.1. The quantitative estimate of drug-likeness (QED) is 0.321. The topological polar surface area (TPSA) is 101 Å². The van der Waals surface area contributed by atoms with E-state index in [9.17, 15) is 14.4 Å². The summed E-state index contributed by atoms with van der Waals surface area (Å²) in [5.74, 6) is -2.63. The van der Waals surface area contributed by atoms with E-state index < -0.39 is 17.9 Å². The number of aliphatic carboxylic acids is 2. The molecule has 0 aromatic heterocycles. The molecule has 0 rings (SSSR count). The molecule has 2 N–H and O–H groups in total. The van der Waals surface area contributed by atoms with Crippen molar-refractivity contribution in [1.29, 1.82) is 0 Å². The van der Waals surface area contributed by atoms with E-state index in [4.69, 9.17) is 14.9 Å². The van der Waals surface area contributed by atoms with Crippen LogP contribution in [0.15, 0.2) is 36.5 Å². The van der Waals surface area contributed by atoms with Crippen LogP contribution in [0.3, 0.4) is 0 Å². The van der Waals surface area contributed by atoms with E-state index in [0.29, 0.717) is 6.61 Å². The SMILES string of the molecule is C=C(C)C(=O)O.C=C(C=CC(=O)O)C(=O)OCCCC. The van der Waals surface area contributed by atoms with Gasteiger partial charge in [0.25, 0.3) is 0 Å². The van der Waals surface area contributed by atoms with Crippen LogP contribution >= 0.6 is 0 Å². The van der Waals surface area contributed by atoms with Crippen LogP contribution in [0.4, 0.5) is 0 Å². The van der Waals surface area contributed by atoms with Crippen molar-refractivity contribution in [2.45, 2.75) is 26.7 Å². The summed E-state index contributed by atoms with van der Waals surface area (Å²) >= 11 is 0. The first-order valence-corrected chi connectivity index (χ1v) is 5.88. The highest BCUT2D eigenvalue weighted by atomic mass is 16.5. The van der Waals surface area contributed by atoms with E-state index in [1.165, 1.54) is 6.92 Å². The van der Waals surface area contributed by atoms with Crippen LogP contribution in [0.5, 0.6) is 0 Å². The predicted octanol–water partition coefficient (Wildman–Crippen LogP) is 2.17. The van der Waals surface area contributed by atoms with Gasteiger partial charge in [0.15, 0.2) is 0 Å². The second kappa shape index (κ2) is 11.7. The maximum atomic E-state index is 11.1. The van der Waals surface area contributed by atoms with E-state index in [0.717, 1.165) is 25.0 Å². The second-order valence-electron chi connectivity index (χ2n) is 3.77. The number of carbonyl (C=O) groups excluding carboxylic acids is 1. The van der Waals surface area contributed by atoms with Crippen molar-refractivity contribution in [2.24, 2.45) is 0 Å². The number of rotatable bonds is 7. The Bertz CT molecular complexity index is 394. The number of ether oxygens (including phenoxy) is 1. The van der Waals surface area contributed by atoms with Gasteiger partial charge in [-0.15, -0.1) is 0 Å². The molecule has 0 atom stereocenters. The molecule has 0 aliphatic carbocycles. The third kappa shape index (κ3) is 13.7. The fourth-order valence-corrected chi connectivity index (χ4v) is 0.642. The third-order valence-corrected chi connectivity index (χ3v) is 1.79. The number of hydrogen-bond acceptors (Lipinski definition) is 4. The molecule has 0 aliphatic heterocycles. The molecule has 0 bridgehead atoms. The molecular weight excluding hydrogens is 264 g/mol. The van der Waals surface area contributed by atoms with Crippen molar-refractivity contribution in [2.75, 3.05) is 6.61 Å². The van der Waals surface area contributed by atoms with E-state index in [-0.39, 0.29) is 11.1 Å². The zero-order valence-corrected chi connectivity index (χ0v) is 11.7. The summed E-state index contributed by atoms with van der Waals surface area (Å²) in [6, 6.07) is 0. The van der Waals surface area contributed by atoms with E-state index in [1.807, 2.05) is 6.92 Å². The number of carboxylic acid groups (broad SMARTS) is 2. The minimum Gasteiger partial charge on any atom is -0.478 e. The minimum absolute atomic E-state index is 0.0449. The first-order chi connectivity index (χ1) is 9.22. The monoisotopic (exact) mass is 284 g/mol. The summed E-state index contributed by atoms with van der Waals surface area (Å²) in [6.45, 7) is 10.3. The second-order valence-corrected chi connectivity index (χ2v) is 3.77. The van der Waals surface area contributed by atoms with Crippen LogP contribution in [0.2, 0.25) is 0 Å². The van der Waals surface area contributed by atoms with Crippen LogP contribution in [0.25, 0.3) is 0 Å². The molecule has 0 amide bonds. The molecule has 6 heteroatoms. The molecular formula is C14H20O6. The molecule has 0 aromatic carbocycles. The fraction of sp³-hybridized carbons (Fsp3) is 0.357. The Hall–Kier alpha value is -2.37. The molecule has 6 nitrogen and oxygen atoms in total. The highest BCUT2D eigenvalue weighted by Crippen LogP contribution is 1.98. The summed E-state index contributed by atoms with van der Waals surface area (Å²) in [6.07, 6.45) is 3.70. The Morgan fingerprint density at radius 2 is 1.65 bits per heavy atom. The average molecular weight is 284 g/mol. The maximum absolute atomic E-state index is 11.1. The van der Waals surface area contributed by atoms with Gasteiger partial charge >= 0.3 is 17.9 Å². The van der Waals surface area contributed by atoms with Crippen LogP contribution in [0.1, 0.15) is 26.7 Å². The van der Waals surface area contributed by atoms with Crippen LogP contribution < -0.4 is 0 Å². The highest BCUT2D eigenvalue weighted by molar-refractivity contribution is 5.93. The lowest BCUT2D eigenvalue weighted by Gasteiger charge is -2.02. The number of carbonyl (C=O) groups is 3. The summed E-state index contributed by atoms with van der Waals surface area (Å²) in [5, 5.41) is 16.2. The number of esters is 1. The first kappa shape index (κ1) is 20.0. The first-order valence-electron chi connectivity index (χ1n) is 5.88. The van der Waals surface area contributed by atoms with Crippen molar-refractivity contribution in [3.05, 3.63) is 36.5 Å². The van der Waals surface area contributed by atoms with Gasteiger partial charge in [0.1, 0.15) is 0 Å². The van der Waals surface area contributed by atoms with Gasteiger partial charge in [0, 0.05) is 11.6 Å². The Morgan fingerprint density at radius 1 is 1.15 bits per heavy atom. The number of unbranched alkanes of at least 4 members (excludes halogenated alkanes) is 1. The normalized spacial score (nSPS) is 9.30. The zero-order valence-electron chi connectivity index (χ0n) is 11.7. The highest BCUT2D eigenvalue weighted by Gasteiger charge is 2.04. The van der Waals surface area contributed by atoms with Crippen molar-refractivity contribution in [1.82, 2.24) is 0 Å². The molecule has 0 radical (unpaired) electrons. The smallest absolute Gasteiger partial charge is 0.337 e. The van der Waals surface area contributed by atoms with Crippen molar-refractivity contribution < 1.29 is 29.3 Å². The Kier molecular flexibility index (Phi) is 11.7.